The number of rotatable bonds is 3. The molecule has 1 atom stereocenters. The Morgan fingerprint density at radius 3 is 2.92 bits per heavy atom. The predicted molar refractivity (Wildman–Crippen MR) is 51.1 cm³/mol. The van der Waals surface area contributed by atoms with Gasteiger partial charge in [0.25, 0.3) is 0 Å². The summed E-state index contributed by atoms with van der Waals surface area (Å²) in [5, 5.41) is 9.41. The summed E-state index contributed by atoms with van der Waals surface area (Å²) >= 11 is 0. The number of hydrogen-bond acceptors (Lipinski definition) is 2. The third kappa shape index (κ3) is 2.95. The van der Waals surface area contributed by atoms with Gasteiger partial charge in [0.2, 0.25) is 0 Å². The van der Waals surface area contributed by atoms with Crippen molar-refractivity contribution in [3.05, 3.63) is 11.6 Å². The lowest BCUT2D eigenvalue weighted by atomic mass is 10.1. The lowest BCUT2D eigenvalue weighted by molar-refractivity contribution is 0.113. The summed E-state index contributed by atoms with van der Waals surface area (Å²) in [6, 6.07) is 0. The Balaban J connectivity index is 2.27. The maximum Gasteiger partial charge on any atom is 0.0664 e. The highest BCUT2D eigenvalue weighted by Gasteiger charge is 2.11. The molecule has 0 radical (unpaired) electrons. The Morgan fingerprint density at radius 1 is 1.67 bits per heavy atom. The van der Waals surface area contributed by atoms with Crippen LogP contribution in [0.5, 0.6) is 0 Å². The summed E-state index contributed by atoms with van der Waals surface area (Å²) in [4.78, 5) is 2.31. The Labute approximate surface area is 74.9 Å². The van der Waals surface area contributed by atoms with Crippen molar-refractivity contribution in [1.82, 2.24) is 4.90 Å². The van der Waals surface area contributed by atoms with Gasteiger partial charge in [0.1, 0.15) is 0 Å². The van der Waals surface area contributed by atoms with Crippen molar-refractivity contribution < 1.29 is 5.11 Å². The fourth-order valence-corrected chi connectivity index (χ4v) is 1.41. The van der Waals surface area contributed by atoms with Gasteiger partial charge in [-0.2, -0.15) is 0 Å². The molecule has 0 aromatic carbocycles. The molecule has 0 unspecified atom stereocenters. The van der Waals surface area contributed by atoms with Crippen molar-refractivity contribution in [2.45, 2.75) is 32.8 Å². The monoisotopic (exact) mass is 169 g/mol. The first-order valence-electron chi connectivity index (χ1n) is 4.78. The first-order valence-corrected chi connectivity index (χ1v) is 4.78. The van der Waals surface area contributed by atoms with Crippen LogP contribution < -0.4 is 0 Å². The molecule has 0 aliphatic carbocycles. The highest BCUT2D eigenvalue weighted by Crippen LogP contribution is 2.09. The second kappa shape index (κ2) is 4.63. The Morgan fingerprint density at radius 2 is 2.42 bits per heavy atom. The number of aliphatic hydroxyl groups excluding tert-OH is 1. The smallest absolute Gasteiger partial charge is 0.0664 e. The molecule has 1 aliphatic heterocycles. The SMILES string of the molecule is CC[C@H](O)CN1CC=C(C)CC1. The zero-order valence-electron chi connectivity index (χ0n) is 8.08. The van der Waals surface area contributed by atoms with Gasteiger partial charge in [0.05, 0.1) is 6.10 Å². The lowest BCUT2D eigenvalue weighted by Gasteiger charge is -2.26. The summed E-state index contributed by atoms with van der Waals surface area (Å²) < 4.78 is 0. The quantitative estimate of drug-likeness (QED) is 0.646. The van der Waals surface area contributed by atoms with Crippen molar-refractivity contribution >= 4 is 0 Å². The molecule has 1 rings (SSSR count). The molecule has 2 nitrogen and oxygen atoms in total. The van der Waals surface area contributed by atoms with Crippen LogP contribution >= 0.6 is 0 Å². The van der Waals surface area contributed by atoms with Crippen LogP contribution in [0.1, 0.15) is 26.7 Å². The molecule has 0 aromatic rings. The van der Waals surface area contributed by atoms with Gasteiger partial charge in [-0.05, 0) is 19.8 Å². The third-order valence-corrected chi connectivity index (χ3v) is 2.46. The van der Waals surface area contributed by atoms with E-state index >= 15 is 0 Å². The van der Waals surface area contributed by atoms with Gasteiger partial charge < -0.3 is 5.11 Å². The zero-order chi connectivity index (χ0) is 8.97. The van der Waals surface area contributed by atoms with Crippen LogP contribution in [0.15, 0.2) is 11.6 Å². The van der Waals surface area contributed by atoms with Crippen LogP contribution in [0.3, 0.4) is 0 Å². The second-order valence-electron chi connectivity index (χ2n) is 3.62. The lowest BCUT2D eigenvalue weighted by Crippen LogP contribution is -2.35. The average Bonchev–Trinajstić information content (AvgIpc) is 2.09. The number of aliphatic hydroxyl groups is 1. The second-order valence-corrected chi connectivity index (χ2v) is 3.62. The fourth-order valence-electron chi connectivity index (χ4n) is 1.41. The minimum Gasteiger partial charge on any atom is -0.392 e. The molecular formula is C10H19NO. The summed E-state index contributed by atoms with van der Waals surface area (Å²) in [5.74, 6) is 0. The van der Waals surface area contributed by atoms with Gasteiger partial charge in [0.15, 0.2) is 0 Å². The molecule has 0 aromatic heterocycles. The molecule has 2 heteroatoms. The highest BCUT2D eigenvalue weighted by molar-refractivity contribution is 5.03. The highest BCUT2D eigenvalue weighted by atomic mass is 16.3. The van der Waals surface area contributed by atoms with Gasteiger partial charge >= 0.3 is 0 Å². The molecule has 0 spiro atoms. The molecule has 1 N–H and O–H groups in total. The fraction of sp³-hybridized carbons (Fsp3) is 0.800. The van der Waals surface area contributed by atoms with E-state index in [1.807, 2.05) is 6.92 Å². The summed E-state index contributed by atoms with van der Waals surface area (Å²) in [6.07, 6.45) is 4.14. The van der Waals surface area contributed by atoms with Crippen LogP contribution in [-0.2, 0) is 0 Å². The molecular weight excluding hydrogens is 150 g/mol. The van der Waals surface area contributed by atoms with E-state index in [9.17, 15) is 5.11 Å². The minimum absolute atomic E-state index is 0.142. The van der Waals surface area contributed by atoms with E-state index < -0.39 is 0 Å². The molecule has 0 saturated carbocycles. The van der Waals surface area contributed by atoms with Crippen LogP contribution in [0, 0.1) is 0 Å². The first-order chi connectivity index (χ1) is 5.72. The molecule has 0 bridgehead atoms. The minimum atomic E-state index is -0.142. The largest absolute Gasteiger partial charge is 0.392 e. The summed E-state index contributed by atoms with van der Waals surface area (Å²) in [7, 11) is 0. The van der Waals surface area contributed by atoms with Crippen molar-refractivity contribution in [3.63, 3.8) is 0 Å². The maximum atomic E-state index is 9.41. The predicted octanol–water partition coefficient (Wildman–Crippen LogP) is 1.41. The van der Waals surface area contributed by atoms with Gasteiger partial charge in [-0.15, -0.1) is 0 Å². The number of nitrogens with zero attached hydrogens (tertiary/aromatic N) is 1. The summed E-state index contributed by atoms with van der Waals surface area (Å²) in [5.41, 5.74) is 1.48. The Kier molecular flexibility index (Phi) is 3.76. The van der Waals surface area contributed by atoms with E-state index in [0.29, 0.717) is 0 Å². The van der Waals surface area contributed by atoms with Gasteiger partial charge in [-0.1, -0.05) is 18.6 Å². The van der Waals surface area contributed by atoms with Crippen LogP contribution in [0.2, 0.25) is 0 Å². The van der Waals surface area contributed by atoms with Gasteiger partial charge in [-0.25, -0.2) is 0 Å². The topological polar surface area (TPSA) is 23.5 Å². The normalized spacial score (nSPS) is 22.1. The van der Waals surface area contributed by atoms with Crippen molar-refractivity contribution in [1.29, 1.82) is 0 Å². The van der Waals surface area contributed by atoms with Crippen molar-refractivity contribution in [3.8, 4) is 0 Å². The zero-order valence-corrected chi connectivity index (χ0v) is 8.08. The van der Waals surface area contributed by atoms with E-state index in [-0.39, 0.29) is 6.10 Å². The van der Waals surface area contributed by atoms with Crippen LogP contribution in [-0.4, -0.2) is 35.7 Å². The maximum absolute atomic E-state index is 9.41. The molecule has 1 aliphatic rings. The average molecular weight is 169 g/mol. The Hall–Kier alpha value is -0.340. The Bertz CT molecular complexity index is 165. The molecule has 0 saturated heterocycles. The van der Waals surface area contributed by atoms with E-state index in [1.165, 1.54) is 5.57 Å². The van der Waals surface area contributed by atoms with Crippen LogP contribution in [0.4, 0.5) is 0 Å². The van der Waals surface area contributed by atoms with E-state index in [1.54, 1.807) is 0 Å². The molecule has 70 valence electrons. The standard InChI is InChI=1S/C10H19NO/c1-3-10(12)8-11-6-4-9(2)5-7-11/h4,10,12H,3,5-8H2,1-2H3/t10-/m0/s1. The molecule has 12 heavy (non-hydrogen) atoms. The van der Waals surface area contributed by atoms with Gasteiger partial charge in [-0.3, -0.25) is 4.90 Å². The number of β-amino-alcohol motifs (C(OH)–C–C–N with tert-alkyl or cyclic N) is 1. The van der Waals surface area contributed by atoms with Crippen molar-refractivity contribution in [2.75, 3.05) is 19.6 Å². The van der Waals surface area contributed by atoms with E-state index in [4.69, 9.17) is 0 Å². The van der Waals surface area contributed by atoms with Gasteiger partial charge in [0, 0.05) is 19.6 Å². The first kappa shape index (κ1) is 9.75. The van der Waals surface area contributed by atoms with Crippen LogP contribution in [0.25, 0.3) is 0 Å². The van der Waals surface area contributed by atoms with E-state index in [2.05, 4.69) is 17.9 Å². The molecule has 0 amide bonds. The molecule has 0 fully saturated rings. The summed E-state index contributed by atoms with van der Waals surface area (Å²) in [6.45, 7) is 7.16. The molecule has 1 heterocycles. The third-order valence-electron chi connectivity index (χ3n) is 2.46. The van der Waals surface area contributed by atoms with Crippen molar-refractivity contribution in [2.24, 2.45) is 0 Å². The van der Waals surface area contributed by atoms with E-state index in [0.717, 1.165) is 32.5 Å². The number of hydrogen-bond donors (Lipinski definition) is 1.